The molecule has 1 atom stereocenters. The zero-order valence-corrected chi connectivity index (χ0v) is 12.4. The molecule has 1 aromatic rings. The van der Waals surface area contributed by atoms with Crippen LogP contribution in [0.1, 0.15) is 24.8 Å². The van der Waals surface area contributed by atoms with Gasteiger partial charge in [-0.2, -0.15) is 0 Å². The van der Waals surface area contributed by atoms with Gasteiger partial charge in [0.05, 0.1) is 6.54 Å². The third-order valence-electron chi connectivity index (χ3n) is 4.63. The van der Waals surface area contributed by atoms with Crippen molar-refractivity contribution in [1.82, 2.24) is 9.80 Å². The van der Waals surface area contributed by atoms with Crippen LogP contribution >= 0.6 is 0 Å². The third-order valence-corrected chi connectivity index (χ3v) is 4.63. The lowest BCUT2D eigenvalue weighted by Gasteiger charge is -2.25. The van der Waals surface area contributed by atoms with Crippen LogP contribution in [0.15, 0.2) is 24.3 Å². The summed E-state index contributed by atoms with van der Waals surface area (Å²) in [6, 6.07) is 7.19. The van der Waals surface area contributed by atoms with Crippen LogP contribution in [0.4, 0.5) is 4.39 Å². The number of Topliss-reactive ketones (excluding diaryl/α,β-unsaturated/α-hetero) is 1. The van der Waals surface area contributed by atoms with Gasteiger partial charge in [-0.3, -0.25) is 14.6 Å². The van der Waals surface area contributed by atoms with Crippen molar-refractivity contribution in [3.8, 4) is 0 Å². The molecular weight excluding hydrogens is 267 g/mol. The van der Waals surface area contributed by atoms with Gasteiger partial charge in [-0.25, -0.2) is 4.39 Å². The van der Waals surface area contributed by atoms with E-state index in [-0.39, 0.29) is 18.0 Å². The minimum absolute atomic E-state index is 0.117. The topological polar surface area (TPSA) is 23.6 Å². The van der Waals surface area contributed by atoms with Crippen LogP contribution in [0.3, 0.4) is 0 Å². The predicted octanol–water partition coefficient (Wildman–Crippen LogP) is 2.11. The number of nitrogens with zero attached hydrogens (tertiary/aromatic N) is 2. The molecule has 2 saturated heterocycles. The van der Waals surface area contributed by atoms with Gasteiger partial charge < -0.3 is 0 Å². The summed E-state index contributed by atoms with van der Waals surface area (Å²) >= 11 is 0. The Morgan fingerprint density at radius 3 is 2.86 bits per heavy atom. The second kappa shape index (κ2) is 6.67. The Hall–Kier alpha value is -1.26. The summed E-state index contributed by atoms with van der Waals surface area (Å²) < 4.78 is 13.6. The first-order chi connectivity index (χ1) is 10.2. The van der Waals surface area contributed by atoms with Crippen LogP contribution in [0.2, 0.25) is 0 Å². The lowest BCUT2D eigenvalue weighted by Crippen LogP contribution is -2.39. The van der Waals surface area contributed by atoms with E-state index in [0.717, 1.165) is 26.1 Å². The average Bonchev–Trinajstić information content (AvgIpc) is 2.80. The molecule has 2 aliphatic rings. The molecular formula is C17H23FN2O. The number of fused-ring (bicyclic) bond motifs is 1. The van der Waals surface area contributed by atoms with Gasteiger partial charge in [0.1, 0.15) is 5.82 Å². The van der Waals surface area contributed by atoms with Crippen LogP contribution in [-0.2, 0) is 11.2 Å². The number of rotatable bonds is 4. The van der Waals surface area contributed by atoms with Crippen LogP contribution in [0.5, 0.6) is 0 Å². The number of benzene rings is 1. The van der Waals surface area contributed by atoms with Crippen molar-refractivity contribution in [3.63, 3.8) is 0 Å². The van der Waals surface area contributed by atoms with E-state index in [9.17, 15) is 9.18 Å². The molecule has 3 nitrogen and oxygen atoms in total. The van der Waals surface area contributed by atoms with E-state index in [1.165, 1.54) is 25.5 Å². The quantitative estimate of drug-likeness (QED) is 0.848. The van der Waals surface area contributed by atoms with E-state index in [1.807, 2.05) is 0 Å². The minimum atomic E-state index is -0.274. The molecule has 1 aromatic carbocycles. The summed E-state index contributed by atoms with van der Waals surface area (Å²) in [7, 11) is 0. The number of carbonyl (C=O) groups is 1. The molecule has 114 valence electrons. The highest BCUT2D eigenvalue weighted by atomic mass is 19.1. The molecule has 2 aliphatic heterocycles. The number of hydrogen-bond donors (Lipinski definition) is 0. The maximum absolute atomic E-state index is 13.6. The van der Waals surface area contributed by atoms with Gasteiger partial charge in [0.25, 0.3) is 0 Å². The molecule has 3 rings (SSSR count). The van der Waals surface area contributed by atoms with E-state index in [2.05, 4.69) is 9.80 Å². The van der Waals surface area contributed by atoms with Crippen molar-refractivity contribution in [3.05, 3.63) is 35.6 Å². The number of carbonyl (C=O) groups excluding carboxylic acids is 1. The molecule has 0 N–H and O–H groups in total. The summed E-state index contributed by atoms with van der Waals surface area (Å²) in [5.41, 5.74) is 0.514. The molecule has 4 heteroatoms. The molecule has 0 saturated carbocycles. The Kier molecular flexibility index (Phi) is 4.66. The van der Waals surface area contributed by atoms with Crippen LogP contribution in [0, 0.1) is 5.82 Å². The zero-order valence-electron chi connectivity index (χ0n) is 12.4. The van der Waals surface area contributed by atoms with Gasteiger partial charge in [-0.05, 0) is 50.5 Å². The molecule has 2 heterocycles. The Balaban J connectivity index is 1.56. The summed E-state index contributed by atoms with van der Waals surface area (Å²) in [5, 5.41) is 0. The first kappa shape index (κ1) is 14.7. The highest BCUT2D eigenvalue weighted by Gasteiger charge is 2.29. The number of hydrogen-bond acceptors (Lipinski definition) is 3. The van der Waals surface area contributed by atoms with Crippen LogP contribution in [0.25, 0.3) is 0 Å². The average molecular weight is 290 g/mol. The Morgan fingerprint density at radius 1 is 1.19 bits per heavy atom. The first-order valence-electron chi connectivity index (χ1n) is 7.94. The summed E-state index contributed by atoms with van der Waals surface area (Å²) in [6.07, 6.45) is 3.86. The van der Waals surface area contributed by atoms with E-state index < -0.39 is 0 Å². The Labute approximate surface area is 125 Å². The second-order valence-electron chi connectivity index (χ2n) is 6.23. The number of halogens is 1. The fourth-order valence-corrected chi connectivity index (χ4v) is 3.59. The van der Waals surface area contributed by atoms with E-state index in [0.29, 0.717) is 18.2 Å². The van der Waals surface area contributed by atoms with E-state index >= 15 is 0 Å². The monoisotopic (exact) mass is 290 g/mol. The van der Waals surface area contributed by atoms with Crippen molar-refractivity contribution in [2.24, 2.45) is 0 Å². The maximum Gasteiger partial charge on any atom is 0.151 e. The van der Waals surface area contributed by atoms with Gasteiger partial charge in [0, 0.05) is 19.0 Å². The zero-order chi connectivity index (χ0) is 14.7. The van der Waals surface area contributed by atoms with E-state index in [1.54, 1.807) is 18.2 Å². The lowest BCUT2D eigenvalue weighted by molar-refractivity contribution is -0.119. The summed E-state index contributed by atoms with van der Waals surface area (Å²) in [4.78, 5) is 17.0. The molecule has 0 aliphatic carbocycles. The van der Waals surface area contributed by atoms with Crippen LogP contribution in [-0.4, -0.2) is 54.3 Å². The molecule has 2 fully saturated rings. The van der Waals surface area contributed by atoms with Crippen molar-refractivity contribution in [1.29, 1.82) is 0 Å². The van der Waals surface area contributed by atoms with Crippen molar-refractivity contribution < 1.29 is 9.18 Å². The summed E-state index contributed by atoms with van der Waals surface area (Å²) in [5.74, 6) is -0.157. The molecule has 0 amide bonds. The van der Waals surface area contributed by atoms with Crippen molar-refractivity contribution >= 4 is 5.78 Å². The first-order valence-corrected chi connectivity index (χ1v) is 7.94. The molecule has 0 aromatic heterocycles. The highest BCUT2D eigenvalue weighted by molar-refractivity contribution is 5.82. The lowest BCUT2D eigenvalue weighted by atomic mass is 10.1. The predicted molar refractivity (Wildman–Crippen MR) is 80.8 cm³/mol. The molecule has 1 unspecified atom stereocenters. The van der Waals surface area contributed by atoms with Gasteiger partial charge in [0.2, 0.25) is 0 Å². The highest BCUT2D eigenvalue weighted by Crippen LogP contribution is 2.21. The fourth-order valence-electron chi connectivity index (χ4n) is 3.59. The van der Waals surface area contributed by atoms with E-state index in [4.69, 9.17) is 0 Å². The second-order valence-corrected chi connectivity index (χ2v) is 6.23. The maximum atomic E-state index is 13.6. The third kappa shape index (κ3) is 3.69. The van der Waals surface area contributed by atoms with Gasteiger partial charge in [0.15, 0.2) is 5.78 Å². The van der Waals surface area contributed by atoms with Crippen LogP contribution < -0.4 is 0 Å². The SMILES string of the molecule is O=C(Cc1ccccc1F)CN1CCCN2CCCC2C1. The largest absolute Gasteiger partial charge is 0.299 e. The molecule has 0 spiro atoms. The molecule has 21 heavy (non-hydrogen) atoms. The number of ketones is 1. The Morgan fingerprint density at radius 2 is 2.00 bits per heavy atom. The van der Waals surface area contributed by atoms with Crippen molar-refractivity contribution in [2.45, 2.75) is 31.7 Å². The summed E-state index contributed by atoms with van der Waals surface area (Å²) in [6.45, 7) is 4.79. The molecule has 0 radical (unpaired) electrons. The van der Waals surface area contributed by atoms with Gasteiger partial charge >= 0.3 is 0 Å². The smallest absolute Gasteiger partial charge is 0.151 e. The fraction of sp³-hybridized carbons (Fsp3) is 0.588. The Bertz CT molecular complexity index is 505. The van der Waals surface area contributed by atoms with Crippen molar-refractivity contribution in [2.75, 3.05) is 32.7 Å². The minimum Gasteiger partial charge on any atom is -0.299 e. The van der Waals surface area contributed by atoms with Gasteiger partial charge in [-0.15, -0.1) is 0 Å². The normalized spacial score (nSPS) is 23.8. The van der Waals surface area contributed by atoms with Gasteiger partial charge in [-0.1, -0.05) is 18.2 Å². The standard InChI is InChI=1S/C17H23FN2O/c18-17-7-2-1-5-14(17)11-16(21)13-19-8-4-10-20-9-3-6-15(20)12-19/h1-2,5,7,15H,3-4,6,8-13H2. The molecule has 0 bridgehead atoms.